The van der Waals surface area contributed by atoms with Gasteiger partial charge in [0.1, 0.15) is 0 Å². The largest absolute Gasteiger partial charge is 0.382 e. The fraction of sp³-hybridized carbons (Fsp3) is 0.455. The van der Waals surface area contributed by atoms with Crippen LogP contribution in [0.5, 0.6) is 0 Å². The topological polar surface area (TPSA) is 63.2 Å². The summed E-state index contributed by atoms with van der Waals surface area (Å²) in [5, 5.41) is 3.16. The van der Waals surface area contributed by atoms with Crippen molar-refractivity contribution in [2.45, 2.75) is 17.9 Å². The maximum atomic E-state index is 11.3. The normalized spacial score (nSPS) is 15.2. The molecule has 1 N–H and O–H groups in total. The summed E-state index contributed by atoms with van der Waals surface area (Å²) in [5.41, 5.74) is 0.829. The molecule has 0 aliphatic carbocycles. The summed E-state index contributed by atoms with van der Waals surface area (Å²) in [7, 11) is -3.99. The standard InChI is InChI=1S/C11H17NO3S2/c1-9(8-16(2)13)12-10-4-6-11(7-5-10)17(3,14)15/h4-7,9,12H,8H2,1-3H3. The van der Waals surface area contributed by atoms with Crippen molar-refractivity contribution in [3.05, 3.63) is 24.3 Å². The van der Waals surface area contributed by atoms with E-state index in [0.29, 0.717) is 10.6 Å². The molecular weight excluding hydrogens is 258 g/mol. The van der Waals surface area contributed by atoms with Crippen LogP contribution in [0.3, 0.4) is 0 Å². The van der Waals surface area contributed by atoms with E-state index in [0.717, 1.165) is 5.69 Å². The number of hydrogen-bond donors (Lipinski definition) is 1. The fourth-order valence-corrected chi connectivity index (χ4v) is 2.89. The van der Waals surface area contributed by atoms with Gasteiger partial charge in [-0.2, -0.15) is 0 Å². The van der Waals surface area contributed by atoms with Gasteiger partial charge in [0.05, 0.1) is 4.90 Å². The minimum Gasteiger partial charge on any atom is -0.382 e. The van der Waals surface area contributed by atoms with Crippen LogP contribution in [0.4, 0.5) is 5.69 Å². The van der Waals surface area contributed by atoms with Gasteiger partial charge in [0.25, 0.3) is 0 Å². The molecule has 0 bridgehead atoms. The van der Waals surface area contributed by atoms with Crippen LogP contribution in [0.2, 0.25) is 0 Å². The van der Waals surface area contributed by atoms with E-state index in [4.69, 9.17) is 0 Å². The zero-order chi connectivity index (χ0) is 13.1. The van der Waals surface area contributed by atoms with Crippen molar-refractivity contribution in [3.8, 4) is 0 Å². The highest BCUT2D eigenvalue weighted by atomic mass is 32.2. The van der Waals surface area contributed by atoms with Gasteiger partial charge in [-0.3, -0.25) is 4.21 Å². The molecule has 0 heterocycles. The van der Waals surface area contributed by atoms with Gasteiger partial charge in [0, 0.05) is 40.8 Å². The third-order valence-corrected chi connectivity index (χ3v) is 4.28. The Morgan fingerprint density at radius 1 is 1.29 bits per heavy atom. The Kier molecular flexibility index (Phi) is 4.70. The molecule has 0 saturated heterocycles. The van der Waals surface area contributed by atoms with Crippen LogP contribution < -0.4 is 5.32 Å². The Bertz CT molecular complexity index is 494. The summed E-state index contributed by atoms with van der Waals surface area (Å²) in [6.07, 6.45) is 2.84. The smallest absolute Gasteiger partial charge is 0.175 e. The number of hydrogen-bond acceptors (Lipinski definition) is 4. The molecule has 1 rings (SSSR count). The number of anilines is 1. The summed E-state index contributed by atoms with van der Waals surface area (Å²) >= 11 is 0. The minimum atomic E-state index is -3.14. The summed E-state index contributed by atoms with van der Waals surface area (Å²) in [4.78, 5) is 0.301. The maximum absolute atomic E-state index is 11.3. The molecule has 0 amide bonds. The van der Waals surface area contributed by atoms with Crippen molar-refractivity contribution in [1.29, 1.82) is 0 Å². The first kappa shape index (κ1) is 14.2. The third-order valence-electron chi connectivity index (χ3n) is 2.18. The van der Waals surface area contributed by atoms with Crippen LogP contribution in [-0.2, 0) is 20.6 Å². The molecule has 0 radical (unpaired) electrons. The quantitative estimate of drug-likeness (QED) is 0.879. The molecule has 0 aliphatic rings. The molecule has 4 nitrogen and oxygen atoms in total. The van der Waals surface area contributed by atoms with Gasteiger partial charge in [-0.05, 0) is 31.2 Å². The van der Waals surface area contributed by atoms with Crippen LogP contribution in [0, 0.1) is 0 Å². The monoisotopic (exact) mass is 275 g/mol. The highest BCUT2D eigenvalue weighted by molar-refractivity contribution is 7.90. The van der Waals surface area contributed by atoms with Crippen molar-refractivity contribution < 1.29 is 12.6 Å². The Morgan fingerprint density at radius 3 is 2.24 bits per heavy atom. The predicted molar refractivity (Wildman–Crippen MR) is 71.6 cm³/mol. The summed E-state index contributed by atoms with van der Waals surface area (Å²) in [6, 6.07) is 6.64. The Balaban J connectivity index is 2.72. The number of nitrogens with one attached hydrogen (secondary N) is 1. The lowest BCUT2D eigenvalue weighted by Crippen LogP contribution is -2.22. The molecule has 1 aromatic rings. The third kappa shape index (κ3) is 4.87. The summed E-state index contributed by atoms with van der Waals surface area (Å²) in [6.45, 7) is 1.94. The van der Waals surface area contributed by atoms with E-state index >= 15 is 0 Å². The van der Waals surface area contributed by atoms with E-state index in [2.05, 4.69) is 5.32 Å². The number of rotatable bonds is 5. The number of benzene rings is 1. The molecule has 0 aromatic heterocycles. The predicted octanol–water partition coefficient (Wildman–Crippen LogP) is 1.27. The molecule has 0 spiro atoms. The summed E-state index contributed by atoms with van der Waals surface area (Å²) in [5.74, 6) is 0.563. The molecule has 96 valence electrons. The first-order valence-electron chi connectivity index (χ1n) is 5.15. The van der Waals surface area contributed by atoms with Crippen molar-refractivity contribution in [2.24, 2.45) is 0 Å². The lowest BCUT2D eigenvalue weighted by atomic mass is 10.3. The van der Waals surface area contributed by atoms with Crippen molar-refractivity contribution >= 4 is 26.3 Å². The first-order valence-corrected chi connectivity index (χ1v) is 8.77. The lowest BCUT2D eigenvalue weighted by Gasteiger charge is -2.13. The number of sulfone groups is 1. The molecule has 0 fully saturated rings. The van der Waals surface area contributed by atoms with Gasteiger partial charge >= 0.3 is 0 Å². The van der Waals surface area contributed by atoms with Crippen LogP contribution in [0.15, 0.2) is 29.2 Å². The van der Waals surface area contributed by atoms with Gasteiger partial charge in [-0.25, -0.2) is 8.42 Å². The molecule has 2 atom stereocenters. The molecule has 17 heavy (non-hydrogen) atoms. The fourth-order valence-electron chi connectivity index (χ4n) is 1.48. The maximum Gasteiger partial charge on any atom is 0.175 e. The Labute approximate surface area is 105 Å². The molecule has 0 saturated carbocycles. The van der Waals surface area contributed by atoms with E-state index in [-0.39, 0.29) is 6.04 Å². The van der Waals surface area contributed by atoms with Gasteiger partial charge in [-0.1, -0.05) is 0 Å². The van der Waals surface area contributed by atoms with Crippen molar-refractivity contribution in [1.82, 2.24) is 0 Å². The van der Waals surface area contributed by atoms with E-state index in [1.807, 2.05) is 6.92 Å². The zero-order valence-electron chi connectivity index (χ0n) is 10.1. The highest BCUT2D eigenvalue weighted by Gasteiger charge is 2.07. The zero-order valence-corrected chi connectivity index (χ0v) is 11.8. The molecular formula is C11H17NO3S2. The molecule has 6 heteroatoms. The van der Waals surface area contributed by atoms with Crippen LogP contribution in [0.1, 0.15) is 6.92 Å². The average Bonchev–Trinajstić information content (AvgIpc) is 2.15. The minimum absolute atomic E-state index is 0.0879. The Morgan fingerprint density at radius 2 is 1.82 bits per heavy atom. The van der Waals surface area contributed by atoms with E-state index in [9.17, 15) is 12.6 Å². The second-order valence-corrected chi connectivity index (χ2v) is 7.58. The van der Waals surface area contributed by atoms with Crippen LogP contribution >= 0.6 is 0 Å². The van der Waals surface area contributed by atoms with Crippen LogP contribution in [-0.4, -0.2) is 36.9 Å². The van der Waals surface area contributed by atoms with E-state index in [1.54, 1.807) is 30.5 Å². The second-order valence-electron chi connectivity index (χ2n) is 4.08. The molecule has 2 unspecified atom stereocenters. The SMILES string of the molecule is CC(CS(C)=O)Nc1ccc(S(C)(=O)=O)cc1. The van der Waals surface area contributed by atoms with Gasteiger partial charge in [0.2, 0.25) is 0 Å². The van der Waals surface area contributed by atoms with Crippen molar-refractivity contribution in [3.63, 3.8) is 0 Å². The Hall–Kier alpha value is -0.880. The van der Waals surface area contributed by atoms with E-state index < -0.39 is 20.6 Å². The van der Waals surface area contributed by atoms with E-state index in [1.165, 1.54) is 6.26 Å². The van der Waals surface area contributed by atoms with Crippen LogP contribution in [0.25, 0.3) is 0 Å². The molecule has 0 aliphatic heterocycles. The molecule has 1 aromatic carbocycles. The van der Waals surface area contributed by atoms with Crippen molar-refractivity contribution in [2.75, 3.05) is 23.6 Å². The van der Waals surface area contributed by atoms with Gasteiger partial charge in [0.15, 0.2) is 9.84 Å². The summed E-state index contributed by atoms with van der Waals surface area (Å²) < 4.78 is 33.5. The first-order chi connectivity index (χ1) is 7.79. The van der Waals surface area contributed by atoms with Gasteiger partial charge < -0.3 is 5.32 Å². The second kappa shape index (κ2) is 5.64. The van der Waals surface area contributed by atoms with Gasteiger partial charge in [-0.15, -0.1) is 0 Å². The lowest BCUT2D eigenvalue weighted by molar-refractivity contribution is 0.602. The average molecular weight is 275 g/mol. The highest BCUT2D eigenvalue weighted by Crippen LogP contribution is 2.14.